The Morgan fingerprint density at radius 1 is 0.846 bits per heavy atom. The molecule has 0 bridgehead atoms. The van der Waals surface area contributed by atoms with E-state index in [-0.39, 0.29) is 0 Å². The zero-order valence-electron chi connectivity index (χ0n) is 16.3. The second-order valence-electron chi connectivity index (χ2n) is 6.73. The van der Waals surface area contributed by atoms with Crippen molar-refractivity contribution in [3.8, 4) is 0 Å². The standard InChI is InChI=1S/C24H29NS/c1-5-25(6-2)26(24(20(3)4)22-15-11-8-12-16-22)18-17-23(19-26)21-13-9-7-10-14-21/h7-19H,5-6H2,1-4H3. The molecule has 0 saturated carbocycles. The molecule has 2 aromatic rings. The van der Waals surface area contributed by atoms with Gasteiger partial charge in [0.05, 0.1) is 0 Å². The van der Waals surface area contributed by atoms with Gasteiger partial charge in [0.1, 0.15) is 0 Å². The first-order valence-corrected chi connectivity index (χ1v) is 11.1. The molecule has 1 unspecified atom stereocenters. The van der Waals surface area contributed by atoms with Crippen molar-refractivity contribution in [2.24, 2.45) is 0 Å². The molecular formula is C24H29NS. The molecule has 1 aliphatic rings. The molecule has 0 fully saturated rings. The van der Waals surface area contributed by atoms with E-state index >= 15 is 0 Å². The Hall–Kier alpha value is -2.03. The van der Waals surface area contributed by atoms with Gasteiger partial charge in [0.25, 0.3) is 0 Å². The molecule has 26 heavy (non-hydrogen) atoms. The minimum absolute atomic E-state index is 1.04. The van der Waals surface area contributed by atoms with Crippen LogP contribution in [0.15, 0.2) is 83.1 Å². The van der Waals surface area contributed by atoms with Crippen LogP contribution in [0.4, 0.5) is 0 Å². The summed E-state index contributed by atoms with van der Waals surface area (Å²) in [4.78, 5) is 1.48. The zero-order valence-corrected chi connectivity index (χ0v) is 17.1. The van der Waals surface area contributed by atoms with E-state index in [9.17, 15) is 0 Å². The van der Waals surface area contributed by atoms with Gasteiger partial charge in [-0.15, -0.1) is 10.2 Å². The molecule has 0 N–H and O–H groups in total. The third-order valence-electron chi connectivity index (χ3n) is 4.82. The highest BCUT2D eigenvalue weighted by molar-refractivity contribution is 8.43. The van der Waals surface area contributed by atoms with Crippen LogP contribution < -0.4 is 0 Å². The van der Waals surface area contributed by atoms with E-state index in [1.165, 1.54) is 27.2 Å². The van der Waals surface area contributed by atoms with Crippen LogP contribution in [0, 0.1) is 0 Å². The molecular weight excluding hydrogens is 334 g/mol. The zero-order chi connectivity index (χ0) is 18.6. The molecule has 0 radical (unpaired) electrons. The number of rotatable bonds is 6. The maximum Gasteiger partial charge on any atom is 0.0159 e. The molecule has 2 aromatic carbocycles. The summed E-state index contributed by atoms with van der Waals surface area (Å²) < 4.78 is 2.63. The van der Waals surface area contributed by atoms with Gasteiger partial charge in [0, 0.05) is 18.0 Å². The third-order valence-corrected chi connectivity index (χ3v) is 8.65. The van der Waals surface area contributed by atoms with Gasteiger partial charge in [0.15, 0.2) is 0 Å². The summed E-state index contributed by atoms with van der Waals surface area (Å²) in [6.07, 6.45) is 2.33. The molecule has 3 rings (SSSR count). The molecule has 0 aromatic heterocycles. The fourth-order valence-corrected chi connectivity index (χ4v) is 7.60. The Labute approximate surface area is 160 Å². The predicted octanol–water partition coefficient (Wildman–Crippen LogP) is 7.07. The summed E-state index contributed by atoms with van der Waals surface area (Å²) in [7, 11) is -1.32. The SMILES string of the molecule is CCN(CC)S1(C(=C(C)C)c2ccccc2)C=CC(c2ccccc2)=C1. The maximum absolute atomic E-state index is 2.63. The molecule has 1 atom stereocenters. The van der Waals surface area contributed by atoms with E-state index < -0.39 is 10.2 Å². The first-order valence-electron chi connectivity index (χ1n) is 9.39. The molecule has 0 spiro atoms. The smallest absolute Gasteiger partial charge is 0.0159 e. The first-order chi connectivity index (χ1) is 12.6. The number of allylic oxidation sites excluding steroid dienone is 3. The molecule has 136 valence electrons. The Bertz CT molecular complexity index is 825. The lowest BCUT2D eigenvalue weighted by Crippen LogP contribution is -2.25. The van der Waals surface area contributed by atoms with Crippen molar-refractivity contribution in [3.63, 3.8) is 0 Å². The number of nitrogens with zero attached hydrogens (tertiary/aromatic N) is 1. The van der Waals surface area contributed by atoms with E-state index in [2.05, 4.69) is 110 Å². The minimum Gasteiger partial charge on any atom is -0.258 e. The van der Waals surface area contributed by atoms with Crippen LogP contribution in [0.2, 0.25) is 0 Å². The van der Waals surface area contributed by atoms with Crippen molar-refractivity contribution < 1.29 is 0 Å². The minimum atomic E-state index is -1.32. The molecule has 2 heteroatoms. The van der Waals surface area contributed by atoms with E-state index in [1.54, 1.807) is 0 Å². The van der Waals surface area contributed by atoms with Gasteiger partial charge in [-0.25, -0.2) is 0 Å². The average molecular weight is 364 g/mol. The number of benzene rings is 2. The van der Waals surface area contributed by atoms with Gasteiger partial charge in [-0.1, -0.05) is 80.1 Å². The highest BCUT2D eigenvalue weighted by Gasteiger charge is 2.34. The van der Waals surface area contributed by atoms with Crippen LogP contribution >= 0.6 is 10.2 Å². The Balaban J connectivity index is 2.20. The Morgan fingerprint density at radius 3 is 1.96 bits per heavy atom. The van der Waals surface area contributed by atoms with Crippen molar-refractivity contribution in [2.45, 2.75) is 27.7 Å². The monoisotopic (exact) mass is 363 g/mol. The quantitative estimate of drug-likeness (QED) is 0.530. The topological polar surface area (TPSA) is 3.24 Å². The normalized spacial score (nSPS) is 21.3. The summed E-state index contributed by atoms with van der Waals surface area (Å²) in [6.45, 7) is 11.1. The lowest BCUT2D eigenvalue weighted by molar-refractivity contribution is 0.519. The van der Waals surface area contributed by atoms with Crippen molar-refractivity contribution >= 4 is 20.7 Å². The fourth-order valence-electron chi connectivity index (χ4n) is 3.71. The van der Waals surface area contributed by atoms with Crippen LogP contribution in [0.25, 0.3) is 10.5 Å². The summed E-state index contributed by atoms with van der Waals surface area (Å²) in [6, 6.07) is 21.6. The number of hydrogen-bond acceptors (Lipinski definition) is 1. The maximum atomic E-state index is 2.63. The first kappa shape index (κ1) is 18.8. The van der Waals surface area contributed by atoms with E-state index in [0.29, 0.717) is 0 Å². The van der Waals surface area contributed by atoms with Crippen molar-refractivity contribution in [1.29, 1.82) is 0 Å². The summed E-state index contributed by atoms with van der Waals surface area (Å²) in [5, 5.41) is 5.00. The van der Waals surface area contributed by atoms with Gasteiger partial charge in [-0.3, -0.25) is 4.31 Å². The molecule has 1 heterocycles. The van der Waals surface area contributed by atoms with E-state index in [0.717, 1.165) is 13.1 Å². The second-order valence-corrected chi connectivity index (χ2v) is 9.51. The second kappa shape index (κ2) is 8.11. The van der Waals surface area contributed by atoms with Gasteiger partial charge < -0.3 is 0 Å². The molecule has 0 amide bonds. The highest BCUT2D eigenvalue weighted by Crippen LogP contribution is 2.69. The average Bonchev–Trinajstić information content (AvgIpc) is 3.10. The lowest BCUT2D eigenvalue weighted by atomic mass is 10.1. The summed E-state index contributed by atoms with van der Waals surface area (Å²) >= 11 is 0. The van der Waals surface area contributed by atoms with Gasteiger partial charge >= 0.3 is 0 Å². The summed E-state index contributed by atoms with van der Waals surface area (Å²) in [5.74, 6) is 0. The largest absolute Gasteiger partial charge is 0.258 e. The van der Waals surface area contributed by atoms with Crippen molar-refractivity contribution in [1.82, 2.24) is 4.31 Å². The van der Waals surface area contributed by atoms with Crippen LogP contribution in [0.3, 0.4) is 0 Å². The van der Waals surface area contributed by atoms with Crippen LogP contribution in [-0.2, 0) is 0 Å². The number of hydrogen-bond donors (Lipinski definition) is 0. The lowest BCUT2D eigenvalue weighted by Gasteiger charge is -2.45. The highest BCUT2D eigenvalue weighted by atomic mass is 32.3. The van der Waals surface area contributed by atoms with Crippen LogP contribution in [0.5, 0.6) is 0 Å². The van der Waals surface area contributed by atoms with E-state index in [1.807, 2.05) is 0 Å². The fraction of sp³-hybridized carbons (Fsp3) is 0.250. The molecule has 0 aliphatic carbocycles. The third kappa shape index (κ3) is 3.44. The molecule has 0 saturated heterocycles. The van der Waals surface area contributed by atoms with Crippen molar-refractivity contribution in [2.75, 3.05) is 13.1 Å². The van der Waals surface area contributed by atoms with Gasteiger partial charge in [0.2, 0.25) is 0 Å². The molecule has 1 nitrogen and oxygen atoms in total. The summed E-state index contributed by atoms with van der Waals surface area (Å²) in [5.41, 5.74) is 5.37. The molecule has 1 aliphatic heterocycles. The van der Waals surface area contributed by atoms with Gasteiger partial charge in [-0.2, -0.15) is 0 Å². The Morgan fingerprint density at radius 2 is 1.42 bits per heavy atom. The van der Waals surface area contributed by atoms with Crippen molar-refractivity contribution in [3.05, 3.63) is 94.3 Å². The van der Waals surface area contributed by atoms with Crippen LogP contribution in [-0.4, -0.2) is 17.4 Å². The van der Waals surface area contributed by atoms with Gasteiger partial charge in [-0.05, 0) is 47.4 Å². The van der Waals surface area contributed by atoms with E-state index in [4.69, 9.17) is 0 Å². The predicted molar refractivity (Wildman–Crippen MR) is 119 cm³/mol. The Kier molecular flexibility index (Phi) is 5.85. The van der Waals surface area contributed by atoms with Crippen LogP contribution in [0.1, 0.15) is 38.8 Å².